The van der Waals surface area contributed by atoms with E-state index < -0.39 is 0 Å². The Morgan fingerprint density at radius 2 is 1.93 bits per heavy atom. The normalized spacial score (nSPS) is 24.1. The first-order chi connectivity index (χ1) is 14.1. The molecule has 2 aromatic carbocycles. The molecule has 1 saturated heterocycles. The van der Waals surface area contributed by atoms with Crippen LogP contribution >= 0.6 is 0 Å². The number of likely N-dealkylation sites (tertiary alicyclic amines) is 1. The van der Waals surface area contributed by atoms with Gasteiger partial charge in [0, 0.05) is 31.1 Å². The van der Waals surface area contributed by atoms with E-state index in [-0.39, 0.29) is 17.4 Å². The topological polar surface area (TPSA) is 41.6 Å². The number of aryl methyl sites for hydroxylation is 1. The molecular weight excluding hydrogens is 360 g/mol. The van der Waals surface area contributed by atoms with Crippen LogP contribution in [0.3, 0.4) is 0 Å². The van der Waals surface area contributed by atoms with E-state index in [1.54, 1.807) is 0 Å². The van der Waals surface area contributed by atoms with Crippen molar-refractivity contribution in [3.8, 4) is 0 Å². The lowest BCUT2D eigenvalue weighted by atomic mass is 9.76. The summed E-state index contributed by atoms with van der Waals surface area (Å²) in [6.45, 7) is 5.36. The zero-order valence-electron chi connectivity index (χ0n) is 17.1. The molecule has 1 N–H and O–H groups in total. The Hall–Kier alpha value is -2.43. The van der Waals surface area contributed by atoms with Crippen LogP contribution in [0.5, 0.6) is 0 Å². The van der Waals surface area contributed by atoms with Crippen molar-refractivity contribution in [2.24, 2.45) is 5.41 Å². The number of nitrogens with one attached hydrogen (secondary N) is 1. The Morgan fingerprint density at radius 1 is 1.14 bits per heavy atom. The van der Waals surface area contributed by atoms with Crippen molar-refractivity contribution in [1.82, 2.24) is 4.90 Å². The van der Waals surface area contributed by atoms with Gasteiger partial charge in [-0.3, -0.25) is 9.69 Å². The molecule has 1 fully saturated rings. The lowest BCUT2D eigenvalue weighted by Gasteiger charge is -2.34. The number of carbonyl (C=O) groups is 1. The van der Waals surface area contributed by atoms with E-state index >= 15 is 0 Å². The summed E-state index contributed by atoms with van der Waals surface area (Å²) in [6, 6.07) is 19.0. The first kappa shape index (κ1) is 19.9. The van der Waals surface area contributed by atoms with Gasteiger partial charge in [0.05, 0.1) is 12.7 Å². The number of rotatable bonds is 7. The van der Waals surface area contributed by atoms with Crippen LogP contribution in [0.4, 0.5) is 5.69 Å². The van der Waals surface area contributed by atoms with Crippen LogP contribution in [-0.2, 0) is 22.5 Å². The van der Waals surface area contributed by atoms with Crippen LogP contribution in [0.1, 0.15) is 30.9 Å². The number of ether oxygens (including phenoxy) is 1. The van der Waals surface area contributed by atoms with Gasteiger partial charge in [-0.05, 0) is 49.1 Å². The molecule has 0 bridgehead atoms. The largest absolute Gasteiger partial charge is 0.369 e. The monoisotopic (exact) mass is 390 g/mol. The van der Waals surface area contributed by atoms with Crippen molar-refractivity contribution >= 4 is 11.6 Å². The maximum absolute atomic E-state index is 11.2. The molecule has 1 amide bonds. The third-order valence-corrected chi connectivity index (χ3v) is 6.19. The molecule has 2 heterocycles. The lowest BCUT2D eigenvalue weighted by Crippen LogP contribution is -2.38. The van der Waals surface area contributed by atoms with Crippen LogP contribution in [0.2, 0.25) is 0 Å². The summed E-state index contributed by atoms with van der Waals surface area (Å²) in [4.78, 5) is 13.8. The van der Waals surface area contributed by atoms with Crippen molar-refractivity contribution in [2.75, 3.05) is 25.0 Å². The first-order valence-electron chi connectivity index (χ1n) is 10.5. The zero-order chi connectivity index (χ0) is 20.1. The maximum Gasteiger partial charge on any atom is 0.221 e. The highest BCUT2D eigenvalue weighted by molar-refractivity contribution is 5.88. The van der Waals surface area contributed by atoms with E-state index in [0.29, 0.717) is 0 Å². The molecule has 0 aliphatic carbocycles. The average molecular weight is 391 g/mol. The highest BCUT2D eigenvalue weighted by atomic mass is 16.5. The average Bonchev–Trinajstić information content (AvgIpc) is 3.40. The van der Waals surface area contributed by atoms with Crippen molar-refractivity contribution in [3.63, 3.8) is 0 Å². The van der Waals surface area contributed by atoms with Crippen molar-refractivity contribution in [3.05, 3.63) is 77.9 Å². The minimum atomic E-state index is -0.0369. The van der Waals surface area contributed by atoms with E-state index in [4.69, 9.17) is 4.74 Å². The Labute approximate surface area is 173 Å². The number of hydrogen-bond donors (Lipinski definition) is 1. The molecule has 4 rings (SSSR count). The molecule has 0 aromatic heterocycles. The maximum atomic E-state index is 11.2. The molecule has 2 aliphatic rings. The predicted molar refractivity (Wildman–Crippen MR) is 117 cm³/mol. The number of hydrogen-bond acceptors (Lipinski definition) is 3. The van der Waals surface area contributed by atoms with E-state index in [0.717, 1.165) is 44.8 Å². The number of benzene rings is 2. The summed E-state index contributed by atoms with van der Waals surface area (Å²) in [6.07, 6.45) is 8.06. The summed E-state index contributed by atoms with van der Waals surface area (Å²) < 4.78 is 6.10. The fourth-order valence-electron chi connectivity index (χ4n) is 4.67. The minimum absolute atomic E-state index is 0.0369. The fourth-order valence-corrected chi connectivity index (χ4v) is 4.67. The summed E-state index contributed by atoms with van der Waals surface area (Å²) in [5.41, 5.74) is 3.71. The van der Waals surface area contributed by atoms with Gasteiger partial charge in [0.2, 0.25) is 5.91 Å². The van der Waals surface area contributed by atoms with Gasteiger partial charge in [0.25, 0.3) is 0 Å². The van der Waals surface area contributed by atoms with Gasteiger partial charge in [-0.15, -0.1) is 0 Å². The van der Waals surface area contributed by atoms with Crippen LogP contribution in [0.25, 0.3) is 0 Å². The third-order valence-electron chi connectivity index (χ3n) is 6.19. The molecule has 0 unspecified atom stereocenters. The molecule has 0 radical (unpaired) electrons. The number of amides is 1. The lowest BCUT2D eigenvalue weighted by molar-refractivity contribution is -0.114. The molecule has 29 heavy (non-hydrogen) atoms. The SMILES string of the molecule is CC(=O)Nc1ccc(CN2CC[C@](CCc3ccccc3)([C@@H]3C=CCO3)C2)cc1. The first-order valence-corrected chi connectivity index (χ1v) is 10.5. The highest BCUT2D eigenvalue weighted by Crippen LogP contribution is 2.42. The molecule has 2 aliphatic heterocycles. The molecule has 0 spiro atoms. The van der Waals surface area contributed by atoms with E-state index in [1.165, 1.54) is 24.5 Å². The van der Waals surface area contributed by atoms with E-state index in [1.807, 2.05) is 12.1 Å². The van der Waals surface area contributed by atoms with Gasteiger partial charge < -0.3 is 10.1 Å². The highest BCUT2D eigenvalue weighted by Gasteiger charge is 2.44. The quantitative estimate of drug-likeness (QED) is 0.712. The summed E-state index contributed by atoms with van der Waals surface area (Å²) in [7, 11) is 0. The zero-order valence-corrected chi connectivity index (χ0v) is 17.1. The number of anilines is 1. The van der Waals surface area contributed by atoms with Gasteiger partial charge in [-0.2, -0.15) is 0 Å². The Bertz CT molecular complexity index is 847. The molecule has 2 atom stereocenters. The van der Waals surface area contributed by atoms with Crippen LogP contribution < -0.4 is 5.32 Å². The molecule has 4 heteroatoms. The van der Waals surface area contributed by atoms with Gasteiger partial charge in [-0.25, -0.2) is 0 Å². The Kier molecular flexibility index (Phi) is 6.12. The summed E-state index contributed by atoms with van der Waals surface area (Å²) in [5.74, 6) is -0.0369. The standard InChI is InChI=1S/C25H30N2O2/c1-20(28)26-23-11-9-22(10-12-23)18-27-16-15-25(19-27,24-8-5-17-29-24)14-13-21-6-3-2-4-7-21/h2-12,24H,13-19H2,1H3,(H,26,28)/t24-,25-/m0/s1. The van der Waals surface area contributed by atoms with Crippen LogP contribution in [-0.4, -0.2) is 36.6 Å². The number of carbonyl (C=O) groups excluding carboxylic acids is 1. The Morgan fingerprint density at radius 3 is 2.62 bits per heavy atom. The second kappa shape index (κ2) is 8.93. The van der Waals surface area contributed by atoms with Gasteiger partial charge in [0.1, 0.15) is 0 Å². The van der Waals surface area contributed by atoms with Crippen LogP contribution in [0, 0.1) is 5.41 Å². The predicted octanol–water partition coefficient (Wildman–Crippen LogP) is 4.42. The van der Waals surface area contributed by atoms with E-state index in [9.17, 15) is 4.79 Å². The smallest absolute Gasteiger partial charge is 0.221 e. The fraction of sp³-hybridized carbons (Fsp3) is 0.400. The minimum Gasteiger partial charge on any atom is -0.369 e. The van der Waals surface area contributed by atoms with Crippen LogP contribution in [0.15, 0.2) is 66.7 Å². The van der Waals surface area contributed by atoms with Gasteiger partial charge in [0.15, 0.2) is 0 Å². The molecule has 0 saturated carbocycles. The molecule has 2 aromatic rings. The number of nitrogens with zero attached hydrogens (tertiary/aromatic N) is 1. The molecule has 152 valence electrons. The molecular formula is C25H30N2O2. The summed E-state index contributed by atoms with van der Waals surface area (Å²) >= 11 is 0. The second-order valence-electron chi connectivity index (χ2n) is 8.37. The van der Waals surface area contributed by atoms with Crippen molar-refractivity contribution in [1.29, 1.82) is 0 Å². The van der Waals surface area contributed by atoms with Gasteiger partial charge >= 0.3 is 0 Å². The van der Waals surface area contributed by atoms with Crippen molar-refractivity contribution in [2.45, 2.75) is 38.8 Å². The van der Waals surface area contributed by atoms with Gasteiger partial charge in [-0.1, -0.05) is 54.6 Å². The third kappa shape index (κ3) is 4.95. The summed E-state index contributed by atoms with van der Waals surface area (Å²) in [5, 5.41) is 2.83. The molecule has 4 nitrogen and oxygen atoms in total. The van der Waals surface area contributed by atoms with Crippen molar-refractivity contribution < 1.29 is 9.53 Å². The Balaban J connectivity index is 1.41. The second-order valence-corrected chi connectivity index (χ2v) is 8.37. The van der Waals surface area contributed by atoms with E-state index in [2.05, 4.69) is 64.8 Å².